The standard InChI is InChI=1S/C10H8N2O2/c11-10(14)7-1-3-8-6(5-7)2-4-9(13)12-8/h1-5H,(H2,11,14)(H,12,13). The van der Waals surface area contributed by atoms with Crippen molar-refractivity contribution >= 4 is 16.8 Å². The molecule has 1 aromatic heterocycles. The molecule has 1 aromatic carbocycles. The van der Waals surface area contributed by atoms with Crippen LogP contribution in [0.2, 0.25) is 0 Å². The van der Waals surface area contributed by atoms with Crippen LogP contribution in [0.3, 0.4) is 0 Å². The number of fused-ring (bicyclic) bond motifs is 1. The summed E-state index contributed by atoms with van der Waals surface area (Å²) in [4.78, 5) is 24.5. The second-order valence-corrected chi connectivity index (χ2v) is 2.99. The molecule has 2 aromatic rings. The van der Waals surface area contributed by atoms with Crippen LogP contribution < -0.4 is 11.3 Å². The molecule has 14 heavy (non-hydrogen) atoms. The number of benzene rings is 1. The molecule has 0 saturated heterocycles. The van der Waals surface area contributed by atoms with Crippen molar-refractivity contribution in [3.63, 3.8) is 0 Å². The summed E-state index contributed by atoms with van der Waals surface area (Å²) >= 11 is 0. The maximum absolute atomic E-state index is 11.0. The van der Waals surface area contributed by atoms with Gasteiger partial charge in [0.15, 0.2) is 0 Å². The second kappa shape index (κ2) is 2.99. The van der Waals surface area contributed by atoms with Crippen LogP contribution in [0.5, 0.6) is 0 Å². The highest BCUT2D eigenvalue weighted by atomic mass is 16.1. The highest BCUT2D eigenvalue weighted by molar-refractivity contribution is 5.96. The van der Waals surface area contributed by atoms with E-state index in [1.807, 2.05) is 0 Å². The number of carbonyl (C=O) groups excluding carboxylic acids is 1. The third-order valence-electron chi connectivity index (χ3n) is 2.01. The molecule has 1 heterocycles. The van der Waals surface area contributed by atoms with Gasteiger partial charge in [0, 0.05) is 17.1 Å². The summed E-state index contributed by atoms with van der Waals surface area (Å²) in [5.74, 6) is -0.474. The Hall–Kier alpha value is -2.10. The highest BCUT2D eigenvalue weighted by Crippen LogP contribution is 2.11. The number of amides is 1. The molecule has 0 atom stereocenters. The molecule has 0 spiro atoms. The van der Waals surface area contributed by atoms with Crippen LogP contribution >= 0.6 is 0 Å². The van der Waals surface area contributed by atoms with Gasteiger partial charge >= 0.3 is 0 Å². The van der Waals surface area contributed by atoms with E-state index < -0.39 is 5.91 Å². The van der Waals surface area contributed by atoms with E-state index in [1.165, 1.54) is 6.07 Å². The van der Waals surface area contributed by atoms with E-state index in [4.69, 9.17) is 5.73 Å². The minimum Gasteiger partial charge on any atom is -0.366 e. The number of aromatic nitrogens is 1. The molecule has 3 N–H and O–H groups in total. The lowest BCUT2D eigenvalue weighted by Gasteiger charge is -1.98. The van der Waals surface area contributed by atoms with Crippen molar-refractivity contribution in [1.29, 1.82) is 0 Å². The molecule has 0 fully saturated rings. The lowest BCUT2D eigenvalue weighted by atomic mass is 10.1. The average molecular weight is 188 g/mol. The fraction of sp³-hybridized carbons (Fsp3) is 0. The van der Waals surface area contributed by atoms with Gasteiger partial charge in [-0.05, 0) is 29.7 Å². The zero-order chi connectivity index (χ0) is 10.1. The van der Waals surface area contributed by atoms with Crippen LogP contribution in [0.15, 0.2) is 35.1 Å². The zero-order valence-electron chi connectivity index (χ0n) is 7.28. The van der Waals surface area contributed by atoms with Gasteiger partial charge in [0.1, 0.15) is 0 Å². The van der Waals surface area contributed by atoms with Crippen LogP contribution in [0.25, 0.3) is 10.9 Å². The smallest absolute Gasteiger partial charge is 0.248 e. The molecule has 0 aliphatic rings. The fourth-order valence-electron chi connectivity index (χ4n) is 1.31. The zero-order valence-corrected chi connectivity index (χ0v) is 7.28. The second-order valence-electron chi connectivity index (χ2n) is 2.99. The predicted octanol–water partition coefficient (Wildman–Crippen LogP) is 0.627. The van der Waals surface area contributed by atoms with Gasteiger partial charge in [0.2, 0.25) is 11.5 Å². The molecule has 2 rings (SSSR count). The third kappa shape index (κ3) is 1.37. The molecule has 0 aliphatic heterocycles. The van der Waals surface area contributed by atoms with Crippen LogP contribution in [-0.2, 0) is 0 Å². The molecule has 4 heteroatoms. The van der Waals surface area contributed by atoms with Gasteiger partial charge in [-0.1, -0.05) is 0 Å². The van der Waals surface area contributed by atoms with Gasteiger partial charge in [0.05, 0.1) is 0 Å². The molecule has 0 bridgehead atoms. The first-order chi connectivity index (χ1) is 6.66. The first-order valence-electron chi connectivity index (χ1n) is 4.10. The first kappa shape index (κ1) is 8.50. The Morgan fingerprint density at radius 2 is 2.00 bits per heavy atom. The maximum atomic E-state index is 11.0. The van der Waals surface area contributed by atoms with Gasteiger partial charge in [-0.3, -0.25) is 9.59 Å². The number of H-pyrrole nitrogens is 1. The van der Waals surface area contributed by atoms with E-state index >= 15 is 0 Å². The normalized spacial score (nSPS) is 10.3. The molecule has 0 saturated carbocycles. The van der Waals surface area contributed by atoms with Crippen molar-refractivity contribution in [3.8, 4) is 0 Å². The Labute approximate surface area is 79.4 Å². The third-order valence-corrected chi connectivity index (χ3v) is 2.01. The quantitative estimate of drug-likeness (QED) is 0.688. The number of primary amides is 1. The number of nitrogens with two attached hydrogens (primary N) is 1. The van der Waals surface area contributed by atoms with Gasteiger partial charge in [0.25, 0.3) is 0 Å². The van der Waals surface area contributed by atoms with Crippen molar-refractivity contribution < 1.29 is 4.79 Å². The predicted molar refractivity (Wildman–Crippen MR) is 53.1 cm³/mol. The molecule has 4 nitrogen and oxygen atoms in total. The van der Waals surface area contributed by atoms with Crippen molar-refractivity contribution in [2.45, 2.75) is 0 Å². The molecular formula is C10H8N2O2. The lowest BCUT2D eigenvalue weighted by Crippen LogP contribution is -2.11. The van der Waals surface area contributed by atoms with Gasteiger partial charge in [-0.15, -0.1) is 0 Å². The Kier molecular flexibility index (Phi) is 1.81. The Morgan fingerprint density at radius 1 is 1.21 bits per heavy atom. The van der Waals surface area contributed by atoms with Gasteiger partial charge in [-0.25, -0.2) is 0 Å². The van der Waals surface area contributed by atoms with Crippen molar-refractivity contribution in [1.82, 2.24) is 4.98 Å². The summed E-state index contributed by atoms with van der Waals surface area (Å²) in [7, 11) is 0. The summed E-state index contributed by atoms with van der Waals surface area (Å²) in [6, 6.07) is 7.96. The number of aromatic amines is 1. The topological polar surface area (TPSA) is 76.0 Å². The average Bonchev–Trinajstić information content (AvgIpc) is 2.16. The number of hydrogen-bond donors (Lipinski definition) is 2. The van der Waals surface area contributed by atoms with Crippen LogP contribution in [0, 0.1) is 0 Å². The van der Waals surface area contributed by atoms with E-state index in [-0.39, 0.29) is 5.56 Å². The number of hydrogen-bond acceptors (Lipinski definition) is 2. The summed E-state index contributed by atoms with van der Waals surface area (Å²) in [6.45, 7) is 0. The van der Waals surface area contributed by atoms with Crippen LogP contribution in [0.1, 0.15) is 10.4 Å². The summed E-state index contributed by atoms with van der Waals surface area (Å²) in [5, 5.41) is 0.793. The Morgan fingerprint density at radius 3 is 2.71 bits per heavy atom. The van der Waals surface area contributed by atoms with E-state index in [2.05, 4.69) is 4.98 Å². The number of nitrogens with one attached hydrogen (secondary N) is 1. The fourth-order valence-corrected chi connectivity index (χ4v) is 1.31. The largest absolute Gasteiger partial charge is 0.366 e. The van der Waals surface area contributed by atoms with Crippen molar-refractivity contribution in [2.24, 2.45) is 5.73 Å². The van der Waals surface area contributed by atoms with Crippen molar-refractivity contribution in [3.05, 3.63) is 46.2 Å². The van der Waals surface area contributed by atoms with E-state index in [0.29, 0.717) is 11.1 Å². The highest BCUT2D eigenvalue weighted by Gasteiger charge is 2.01. The molecule has 1 amide bonds. The molecule has 0 unspecified atom stereocenters. The number of rotatable bonds is 1. The lowest BCUT2D eigenvalue weighted by molar-refractivity contribution is 0.100. The van der Waals surface area contributed by atoms with E-state index in [0.717, 1.165) is 5.39 Å². The minimum absolute atomic E-state index is 0.163. The monoisotopic (exact) mass is 188 g/mol. The van der Waals surface area contributed by atoms with Crippen LogP contribution in [-0.4, -0.2) is 10.9 Å². The van der Waals surface area contributed by atoms with Crippen LogP contribution in [0.4, 0.5) is 0 Å². The first-order valence-corrected chi connectivity index (χ1v) is 4.10. The maximum Gasteiger partial charge on any atom is 0.248 e. The number of pyridine rings is 1. The van der Waals surface area contributed by atoms with Gasteiger partial charge in [-0.2, -0.15) is 0 Å². The molecule has 0 aliphatic carbocycles. The summed E-state index contributed by atoms with van der Waals surface area (Å²) in [5.41, 5.74) is 6.09. The van der Waals surface area contributed by atoms with Gasteiger partial charge < -0.3 is 10.7 Å². The molecular weight excluding hydrogens is 180 g/mol. The SMILES string of the molecule is NC(=O)c1ccc2[nH]c(=O)ccc2c1. The van der Waals surface area contributed by atoms with Crippen molar-refractivity contribution in [2.75, 3.05) is 0 Å². The van der Waals surface area contributed by atoms with E-state index in [1.54, 1.807) is 24.3 Å². The summed E-state index contributed by atoms with van der Waals surface area (Å²) < 4.78 is 0. The number of carbonyl (C=O) groups is 1. The van der Waals surface area contributed by atoms with E-state index in [9.17, 15) is 9.59 Å². The Bertz CT molecular complexity index is 557. The molecule has 0 radical (unpaired) electrons. The molecule has 70 valence electrons. The minimum atomic E-state index is -0.474. The Balaban J connectivity index is 2.73. The summed E-state index contributed by atoms with van der Waals surface area (Å²) in [6.07, 6.45) is 0.